The van der Waals surface area contributed by atoms with Crippen LogP contribution in [0.1, 0.15) is 27.9 Å². The summed E-state index contributed by atoms with van der Waals surface area (Å²) < 4.78 is 0. The van der Waals surface area contributed by atoms with Crippen molar-refractivity contribution in [3.05, 3.63) is 41.0 Å². The maximum absolute atomic E-state index is 12.6. The maximum atomic E-state index is 12.6. The fourth-order valence-electron chi connectivity index (χ4n) is 2.35. The van der Waals surface area contributed by atoms with Crippen LogP contribution in [0.3, 0.4) is 0 Å². The zero-order chi connectivity index (χ0) is 15.2. The first-order valence-corrected chi connectivity index (χ1v) is 8.12. The van der Waals surface area contributed by atoms with Gasteiger partial charge in [0.2, 0.25) is 0 Å². The molecule has 2 rings (SSSR count). The highest BCUT2D eigenvalue weighted by molar-refractivity contribution is 7.99. The molecule has 0 bridgehead atoms. The lowest BCUT2D eigenvalue weighted by atomic mass is 10.0. The van der Waals surface area contributed by atoms with Crippen LogP contribution in [-0.2, 0) is 4.79 Å². The van der Waals surface area contributed by atoms with Gasteiger partial charge in [-0.3, -0.25) is 4.79 Å². The molecular formula is C16H19NO3S. The first-order valence-electron chi connectivity index (χ1n) is 6.97. The summed E-state index contributed by atoms with van der Waals surface area (Å²) in [7, 11) is 0. The van der Waals surface area contributed by atoms with E-state index < -0.39 is 5.97 Å². The van der Waals surface area contributed by atoms with Crippen LogP contribution < -0.4 is 0 Å². The molecule has 0 saturated carbocycles. The van der Waals surface area contributed by atoms with Crippen LogP contribution in [0.5, 0.6) is 0 Å². The lowest BCUT2D eigenvalue weighted by Gasteiger charge is -2.21. The zero-order valence-electron chi connectivity index (χ0n) is 12.0. The highest BCUT2D eigenvalue weighted by Crippen LogP contribution is 2.19. The third-order valence-electron chi connectivity index (χ3n) is 3.52. The number of amides is 1. The second-order valence-corrected chi connectivity index (χ2v) is 6.17. The summed E-state index contributed by atoms with van der Waals surface area (Å²) in [6.07, 6.45) is 3.65. The van der Waals surface area contributed by atoms with Crippen LogP contribution >= 0.6 is 11.8 Å². The zero-order valence-corrected chi connectivity index (χ0v) is 12.9. The number of hydrogen-bond donors (Lipinski definition) is 1. The lowest BCUT2D eigenvalue weighted by molar-refractivity contribution is -0.131. The van der Waals surface area contributed by atoms with E-state index in [0.29, 0.717) is 5.56 Å². The minimum atomic E-state index is -0.990. The summed E-state index contributed by atoms with van der Waals surface area (Å²) in [4.78, 5) is 25.2. The van der Waals surface area contributed by atoms with Crippen molar-refractivity contribution in [3.8, 4) is 0 Å². The molecule has 1 fully saturated rings. The molecule has 0 radical (unpaired) electrons. The smallest absolute Gasteiger partial charge is 0.328 e. The van der Waals surface area contributed by atoms with Crippen molar-refractivity contribution in [2.24, 2.45) is 0 Å². The van der Waals surface area contributed by atoms with E-state index in [1.165, 1.54) is 6.08 Å². The molecule has 0 aromatic heterocycles. The Morgan fingerprint density at radius 1 is 1.29 bits per heavy atom. The van der Waals surface area contributed by atoms with Gasteiger partial charge in [-0.05, 0) is 42.4 Å². The van der Waals surface area contributed by atoms with E-state index >= 15 is 0 Å². The summed E-state index contributed by atoms with van der Waals surface area (Å²) in [5, 5.41) is 8.71. The van der Waals surface area contributed by atoms with E-state index in [1.54, 1.807) is 6.07 Å². The van der Waals surface area contributed by atoms with E-state index in [-0.39, 0.29) is 5.91 Å². The SMILES string of the molecule is Cc1c(C=CC(=O)O)cccc1C(=O)N1CCCSCC1. The number of rotatable bonds is 3. The molecule has 5 heteroatoms. The fraction of sp³-hybridized carbons (Fsp3) is 0.375. The Morgan fingerprint density at radius 3 is 2.86 bits per heavy atom. The Kier molecular flexibility index (Phi) is 5.44. The molecule has 1 heterocycles. The standard InChI is InChI=1S/C16H19NO3S/c1-12-13(6-7-15(18)19)4-2-5-14(12)16(20)17-8-3-10-21-11-9-17/h2,4-7H,3,8-11H2,1H3,(H,18,19). The van der Waals surface area contributed by atoms with Crippen molar-refractivity contribution in [3.63, 3.8) is 0 Å². The number of aliphatic carboxylic acids is 1. The Bertz CT molecular complexity index is 561. The molecular weight excluding hydrogens is 286 g/mol. The largest absolute Gasteiger partial charge is 0.478 e. The number of hydrogen-bond acceptors (Lipinski definition) is 3. The van der Waals surface area contributed by atoms with Gasteiger partial charge >= 0.3 is 5.97 Å². The van der Waals surface area contributed by atoms with Crippen LogP contribution in [-0.4, -0.2) is 46.5 Å². The van der Waals surface area contributed by atoms with Gasteiger partial charge < -0.3 is 10.0 Å². The number of thioether (sulfide) groups is 1. The van der Waals surface area contributed by atoms with Crippen molar-refractivity contribution < 1.29 is 14.7 Å². The van der Waals surface area contributed by atoms with Gasteiger partial charge in [-0.25, -0.2) is 4.79 Å². The average Bonchev–Trinajstić information content (AvgIpc) is 2.74. The second kappa shape index (κ2) is 7.31. The Morgan fingerprint density at radius 2 is 2.10 bits per heavy atom. The number of carboxylic acids is 1. The predicted octanol–water partition coefficient (Wildman–Crippen LogP) is 2.67. The van der Waals surface area contributed by atoms with Crippen molar-refractivity contribution in [2.45, 2.75) is 13.3 Å². The second-order valence-electron chi connectivity index (χ2n) is 4.95. The van der Waals surface area contributed by atoms with Gasteiger partial charge in [-0.2, -0.15) is 11.8 Å². The molecule has 0 atom stereocenters. The van der Waals surface area contributed by atoms with E-state index in [1.807, 2.05) is 35.7 Å². The normalized spacial score (nSPS) is 16.0. The Labute approximate surface area is 128 Å². The molecule has 1 aromatic rings. The van der Waals surface area contributed by atoms with Gasteiger partial charge in [0, 0.05) is 30.5 Å². The molecule has 0 spiro atoms. The number of nitrogens with zero attached hydrogens (tertiary/aromatic N) is 1. The molecule has 1 saturated heterocycles. The number of benzene rings is 1. The lowest BCUT2D eigenvalue weighted by Crippen LogP contribution is -2.33. The number of carbonyl (C=O) groups excluding carboxylic acids is 1. The highest BCUT2D eigenvalue weighted by atomic mass is 32.2. The highest BCUT2D eigenvalue weighted by Gasteiger charge is 2.19. The van der Waals surface area contributed by atoms with Crippen molar-refractivity contribution in [2.75, 3.05) is 24.6 Å². The fourth-order valence-corrected chi connectivity index (χ4v) is 3.23. The van der Waals surface area contributed by atoms with Crippen molar-refractivity contribution in [1.82, 2.24) is 4.90 Å². The van der Waals surface area contributed by atoms with Gasteiger partial charge in [0.1, 0.15) is 0 Å². The molecule has 4 nitrogen and oxygen atoms in total. The summed E-state index contributed by atoms with van der Waals surface area (Å²) in [6, 6.07) is 5.44. The summed E-state index contributed by atoms with van der Waals surface area (Å²) in [6.45, 7) is 3.43. The summed E-state index contributed by atoms with van der Waals surface area (Å²) in [5.74, 6) is 1.13. The summed E-state index contributed by atoms with van der Waals surface area (Å²) >= 11 is 1.88. The number of carboxylic acid groups (broad SMARTS) is 1. The quantitative estimate of drug-likeness (QED) is 0.872. The van der Waals surface area contributed by atoms with Gasteiger partial charge in [-0.1, -0.05) is 12.1 Å². The molecule has 21 heavy (non-hydrogen) atoms. The van der Waals surface area contributed by atoms with Crippen LogP contribution in [0.4, 0.5) is 0 Å². The van der Waals surface area contributed by atoms with Crippen LogP contribution in [0, 0.1) is 6.92 Å². The minimum absolute atomic E-state index is 0.0422. The van der Waals surface area contributed by atoms with Gasteiger partial charge in [0.25, 0.3) is 5.91 Å². The van der Waals surface area contributed by atoms with Gasteiger partial charge in [0.05, 0.1) is 0 Å². The minimum Gasteiger partial charge on any atom is -0.478 e. The molecule has 1 aromatic carbocycles. The Hall–Kier alpha value is -1.75. The van der Waals surface area contributed by atoms with Crippen LogP contribution in [0.2, 0.25) is 0 Å². The summed E-state index contributed by atoms with van der Waals surface area (Å²) in [5.41, 5.74) is 2.26. The molecule has 1 aliphatic rings. The molecule has 112 valence electrons. The first-order chi connectivity index (χ1) is 10.1. The van der Waals surface area contributed by atoms with Gasteiger partial charge in [-0.15, -0.1) is 0 Å². The molecule has 1 aliphatic heterocycles. The van der Waals surface area contributed by atoms with E-state index in [0.717, 1.165) is 48.2 Å². The molecule has 0 unspecified atom stereocenters. The van der Waals surface area contributed by atoms with Crippen LogP contribution in [0.15, 0.2) is 24.3 Å². The van der Waals surface area contributed by atoms with E-state index in [4.69, 9.17) is 5.11 Å². The van der Waals surface area contributed by atoms with Crippen molar-refractivity contribution >= 4 is 29.7 Å². The van der Waals surface area contributed by atoms with E-state index in [2.05, 4.69) is 0 Å². The number of carbonyl (C=O) groups is 2. The molecule has 0 aliphatic carbocycles. The van der Waals surface area contributed by atoms with Gasteiger partial charge in [0.15, 0.2) is 0 Å². The maximum Gasteiger partial charge on any atom is 0.328 e. The predicted molar refractivity (Wildman–Crippen MR) is 85.7 cm³/mol. The monoisotopic (exact) mass is 305 g/mol. The van der Waals surface area contributed by atoms with Crippen molar-refractivity contribution in [1.29, 1.82) is 0 Å². The third kappa shape index (κ3) is 4.11. The van der Waals surface area contributed by atoms with E-state index in [9.17, 15) is 9.59 Å². The molecule has 1 amide bonds. The average molecular weight is 305 g/mol. The Balaban J connectivity index is 2.24. The molecule has 1 N–H and O–H groups in total. The first kappa shape index (κ1) is 15.6. The van der Waals surface area contributed by atoms with Crippen LogP contribution in [0.25, 0.3) is 6.08 Å². The third-order valence-corrected chi connectivity index (χ3v) is 4.57. The topological polar surface area (TPSA) is 57.6 Å².